The Morgan fingerprint density at radius 1 is 1.43 bits per heavy atom. The van der Waals surface area contributed by atoms with Crippen LogP contribution in [-0.4, -0.2) is 20.9 Å². The van der Waals surface area contributed by atoms with Crippen molar-refractivity contribution in [3.05, 3.63) is 41.2 Å². The lowest BCUT2D eigenvalue weighted by Crippen LogP contribution is -2.08. The molecule has 21 heavy (non-hydrogen) atoms. The number of carboxylic acid groups (broad SMARTS) is 1. The molecule has 0 aliphatic heterocycles. The summed E-state index contributed by atoms with van der Waals surface area (Å²) in [7, 11) is 0. The molecule has 0 amide bonds. The number of anilines is 1. The molecule has 0 atom stereocenters. The predicted molar refractivity (Wildman–Crippen MR) is 64.7 cm³/mol. The van der Waals surface area contributed by atoms with Gasteiger partial charge in [-0.1, -0.05) is 0 Å². The number of nitrogens with zero attached hydrogens (tertiary/aromatic N) is 3. The van der Waals surface area contributed by atoms with E-state index in [1.54, 1.807) is 6.07 Å². The van der Waals surface area contributed by atoms with E-state index in [-0.39, 0.29) is 16.9 Å². The summed E-state index contributed by atoms with van der Waals surface area (Å²) in [6.07, 6.45) is -3.47. The van der Waals surface area contributed by atoms with Crippen molar-refractivity contribution in [1.82, 2.24) is 9.78 Å². The van der Waals surface area contributed by atoms with E-state index < -0.39 is 23.4 Å². The molecule has 0 saturated carbocycles. The van der Waals surface area contributed by atoms with Gasteiger partial charge in [0.1, 0.15) is 6.07 Å². The van der Waals surface area contributed by atoms with Crippen molar-refractivity contribution in [2.24, 2.45) is 0 Å². The SMILES string of the molecule is N#Cc1cc(C(F)(F)F)ccc1-n1cc(N)c(C(=O)O)n1. The minimum absolute atomic E-state index is 0.00435. The number of aromatic nitrogens is 2. The van der Waals surface area contributed by atoms with Crippen molar-refractivity contribution in [3.63, 3.8) is 0 Å². The Morgan fingerprint density at radius 3 is 2.57 bits per heavy atom. The van der Waals surface area contributed by atoms with Crippen LogP contribution in [0.3, 0.4) is 0 Å². The van der Waals surface area contributed by atoms with E-state index in [4.69, 9.17) is 16.1 Å². The maximum absolute atomic E-state index is 12.6. The Balaban J connectivity index is 2.58. The number of hydrogen-bond acceptors (Lipinski definition) is 4. The van der Waals surface area contributed by atoms with Crippen LogP contribution in [0.4, 0.5) is 18.9 Å². The molecule has 0 saturated heterocycles. The lowest BCUT2D eigenvalue weighted by Gasteiger charge is -2.09. The van der Waals surface area contributed by atoms with Gasteiger partial charge in [-0.25, -0.2) is 9.48 Å². The van der Waals surface area contributed by atoms with Crippen LogP contribution in [0.5, 0.6) is 0 Å². The first-order valence-corrected chi connectivity index (χ1v) is 5.44. The molecule has 0 aliphatic carbocycles. The molecule has 1 aromatic heterocycles. The lowest BCUT2D eigenvalue weighted by molar-refractivity contribution is -0.137. The summed E-state index contributed by atoms with van der Waals surface area (Å²) in [5, 5.41) is 21.4. The summed E-state index contributed by atoms with van der Waals surface area (Å²) < 4.78 is 38.7. The van der Waals surface area contributed by atoms with Gasteiger partial charge in [-0.15, -0.1) is 0 Å². The van der Waals surface area contributed by atoms with Crippen LogP contribution >= 0.6 is 0 Å². The number of nitrogens with two attached hydrogens (primary N) is 1. The summed E-state index contributed by atoms with van der Waals surface area (Å²) in [5.41, 5.74) is 3.55. The van der Waals surface area contributed by atoms with Gasteiger partial charge < -0.3 is 10.8 Å². The molecule has 0 aliphatic rings. The van der Waals surface area contributed by atoms with Gasteiger partial charge in [0.25, 0.3) is 0 Å². The second-order valence-electron chi connectivity index (χ2n) is 4.02. The summed E-state index contributed by atoms with van der Waals surface area (Å²) in [5.74, 6) is -1.38. The quantitative estimate of drug-likeness (QED) is 0.882. The number of halogens is 3. The minimum atomic E-state index is -4.58. The monoisotopic (exact) mass is 296 g/mol. The van der Waals surface area contributed by atoms with Gasteiger partial charge in [0.2, 0.25) is 0 Å². The maximum Gasteiger partial charge on any atom is 0.416 e. The highest BCUT2D eigenvalue weighted by Crippen LogP contribution is 2.31. The van der Waals surface area contributed by atoms with Gasteiger partial charge in [0.15, 0.2) is 5.69 Å². The number of hydrogen-bond donors (Lipinski definition) is 2. The number of aromatic carboxylic acids is 1. The van der Waals surface area contributed by atoms with Crippen LogP contribution in [0, 0.1) is 11.3 Å². The highest BCUT2D eigenvalue weighted by atomic mass is 19.4. The Labute approximate surface area is 115 Å². The highest BCUT2D eigenvalue weighted by Gasteiger charge is 2.31. The van der Waals surface area contributed by atoms with E-state index in [1.807, 2.05) is 0 Å². The molecule has 9 heteroatoms. The van der Waals surface area contributed by atoms with Crippen molar-refractivity contribution in [2.45, 2.75) is 6.18 Å². The van der Waals surface area contributed by atoms with Gasteiger partial charge in [-0.3, -0.25) is 0 Å². The molecule has 1 aromatic carbocycles. The second-order valence-corrected chi connectivity index (χ2v) is 4.02. The Hall–Kier alpha value is -3.02. The first kappa shape index (κ1) is 14.4. The fourth-order valence-electron chi connectivity index (χ4n) is 1.68. The van der Waals surface area contributed by atoms with Gasteiger partial charge in [-0.2, -0.15) is 23.5 Å². The van der Waals surface area contributed by atoms with E-state index in [0.717, 1.165) is 23.0 Å². The van der Waals surface area contributed by atoms with Crippen molar-refractivity contribution < 1.29 is 23.1 Å². The van der Waals surface area contributed by atoms with E-state index in [9.17, 15) is 18.0 Å². The number of nitriles is 1. The molecule has 0 bridgehead atoms. The van der Waals surface area contributed by atoms with Crippen LogP contribution in [0.2, 0.25) is 0 Å². The molecular weight excluding hydrogens is 289 g/mol. The normalized spacial score (nSPS) is 11.1. The molecule has 0 spiro atoms. The fourth-order valence-corrected chi connectivity index (χ4v) is 1.68. The van der Waals surface area contributed by atoms with E-state index >= 15 is 0 Å². The van der Waals surface area contributed by atoms with Crippen molar-refractivity contribution in [3.8, 4) is 11.8 Å². The third-order valence-electron chi connectivity index (χ3n) is 2.64. The second kappa shape index (κ2) is 4.82. The number of carboxylic acids is 1. The first-order valence-electron chi connectivity index (χ1n) is 5.44. The van der Waals surface area contributed by atoms with Crippen molar-refractivity contribution in [2.75, 3.05) is 5.73 Å². The molecule has 6 nitrogen and oxygen atoms in total. The summed E-state index contributed by atoms with van der Waals surface area (Å²) in [4.78, 5) is 10.8. The van der Waals surface area contributed by atoms with Crippen LogP contribution in [-0.2, 0) is 6.18 Å². The topological polar surface area (TPSA) is 105 Å². The summed E-state index contributed by atoms with van der Waals surface area (Å²) >= 11 is 0. The molecule has 2 rings (SSSR count). The maximum atomic E-state index is 12.6. The molecule has 108 valence electrons. The Morgan fingerprint density at radius 2 is 2.10 bits per heavy atom. The largest absolute Gasteiger partial charge is 0.476 e. The average Bonchev–Trinajstić information content (AvgIpc) is 2.79. The number of carbonyl (C=O) groups is 1. The van der Waals surface area contributed by atoms with Gasteiger partial charge in [-0.05, 0) is 18.2 Å². The average molecular weight is 296 g/mol. The van der Waals surface area contributed by atoms with E-state index in [1.165, 1.54) is 0 Å². The number of benzene rings is 1. The summed E-state index contributed by atoms with van der Waals surface area (Å²) in [6.45, 7) is 0. The zero-order valence-corrected chi connectivity index (χ0v) is 10.2. The Kier molecular flexibility index (Phi) is 3.31. The molecule has 0 fully saturated rings. The minimum Gasteiger partial charge on any atom is -0.476 e. The number of nitrogen functional groups attached to an aromatic ring is 1. The molecule has 2 aromatic rings. The zero-order chi connectivity index (χ0) is 15.8. The van der Waals surface area contributed by atoms with Crippen LogP contribution in [0.1, 0.15) is 21.6 Å². The summed E-state index contributed by atoms with van der Waals surface area (Å²) in [6, 6.07) is 4.08. The molecular formula is C12H7F3N4O2. The van der Waals surface area contributed by atoms with Crippen LogP contribution in [0.15, 0.2) is 24.4 Å². The van der Waals surface area contributed by atoms with E-state index in [0.29, 0.717) is 6.07 Å². The first-order chi connectivity index (χ1) is 9.74. The third-order valence-corrected chi connectivity index (χ3v) is 2.64. The molecule has 3 N–H and O–H groups in total. The molecule has 0 radical (unpaired) electrons. The third kappa shape index (κ3) is 2.64. The van der Waals surface area contributed by atoms with Crippen LogP contribution < -0.4 is 5.73 Å². The van der Waals surface area contributed by atoms with Gasteiger partial charge in [0, 0.05) is 0 Å². The number of alkyl halides is 3. The standard InChI is InChI=1S/C12H7F3N4O2/c13-12(14,15)7-1-2-9(6(3-7)4-16)19-5-8(17)10(18-19)11(20)21/h1-3,5H,17H2,(H,20,21). The van der Waals surface area contributed by atoms with E-state index in [2.05, 4.69) is 5.10 Å². The predicted octanol–water partition coefficient (Wildman–Crippen LogP) is 2.04. The Bertz CT molecular complexity index is 759. The lowest BCUT2D eigenvalue weighted by atomic mass is 10.1. The smallest absolute Gasteiger partial charge is 0.416 e. The number of rotatable bonds is 2. The molecule has 0 unspecified atom stereocenters. The molecule has 1 heterocycles. The zero-order valence-electron chi connectivity index (χ0n) is 10.2. The van der Waals surface area contributed by atoms with Crippen molar-refractivity contribution >= 4 is 11.7 Å². The highest BCUT2D eigenvalue weighted by molar-refractivity contribution is 5.91. The van der Waals surface area contributed by atoms with Crippen molar-refractivity contribution in [1.29, 1.82) is 5.26 Å². The fraction of sp³-hybridized carbons (Fsp3) is 0.0833. The van der Waals surface area contributed by atoms with Gasteiger partial charge in [0.05, 0.1) is 28.7 Å². The van der Waals surface area contributed by atoms with Gasteiger partial charge >= 0.3 is 12.1 Å². The van der Waals surface area contributed by atoms with Crippen LogP contribution in [0.25, 0.3) is 5.69 Å².